The van der Waals surface area contributed by atoms with Crippen LogP contribution in [0.25, 0.3) is 11.3 Å². The lowest BCUT2D eigenvalue weighted by molar-refractivity contribution is 0.0939. The van der Waals surface area contributed by atoms with Crippen LogP contribution < -0.4 is 5.32 Å². The van der Waals surface area contributed by atoms with E-state index in [1.165, 1.54) is 6.07 Å². The first kappa shape index (κ1) is 17.6. The van der Waals surface area contributed by atoms with Gasteiger partial charge in [-0.3, -0.25) is 9.89 Å². The Balaban J connectivity index is 1.80. The highest BCUT2D eigenvalue weighted by atomic mass is 35.5. The van der Waals surface area contributed by atoms with Crippen LogP contribution in [0.1, 0.15) is 22.1 Å². The van der Waals surface area contributed by atoms with Crippen LogP contribution in [-0.2, 0) is 0 Å². The fourth-order valence-corrected chi connectivity index (χ4v) is 2.55. The third kappa shape index (κ3) is 3.71. The molecule has 0 fully saturated rings. The molecule has 0 saturated heterocycles. The SMILES string of the molecule is N#CC(NC(=O)c1cc(-c2cccc(Cl)c2)n[nH]1)c1ccc(F)cc1F. The van der Waals surface area contributed by atoms with Crippen molar-refractivity contribution in [1.29, 1.82) is 5.26 Å². The molecule has 0 aliphatic heterocycles. The Morgan fingerprint density at radius 3 is 2.73 bits per heavy atom. The zero-order valence-corrected chi connectivity index (χ0v) is 13.9. The molecule has 3 aromatic rings. The number of hydrogen-bond donors (Lipinski definition) is 2. The minimum atomic E-state index is -1.28. The van der Waals surface area contributed by atoms with Crippen LogP contribution in [0.4, 0.5) is 8.78 Å². The van der Waals surface area contributed by atoms with Crippen molar-refractivity contribution in [1.82, 2.24) is 15.5 Å². The van der Waals surface area contributed by atoms with Crippen molar-refractivity contribution in [3.8, 4) is 17.3 Å². The Kier molecular flexibility index (Phi) is 4.96. The van der Waals surface area contributed by atoms with Gasteiger partial charge in [-0.2, -0.15) is 10.4 Å². The first-order chi connectivity index (χ1) is 12.5. The molecule has 26 heavy (non-hydrogen) atoms. The Morgan fingerprint density at radius 1 is 1.23 bits per heavy atom. The van der Waals surface area contributed by atoms with Gasteiger partial charge in [0, 0.05) is 22.2 Å². The molecule has 0 saturated carbocycles. The molecule has 5 nitrogen and oxygen atoms in total. The minimum Gasteiger partial charge on any atom is -0.331 e. The number of H-pyrrole nitrogens is 1. The number of rotatable bonds is 4. The number of carbonyl (C=O) groups excluding carboxylic acids is 1. The third-order valence-electron chi connectivity index (χ3n) is 3.62. The quantitative estimate of drug-likeness (QED) is 0.726. The van der Waals surface area contributed by atoms with Gasteiger partial charge in [-0.25, -0.2) is 8.78 Å². The van der Waals surface area contributed by atoms with E-state index in [4.69, 9.17) is 11.6 Å². The van der Waals surface area contributed by atoms with Crippen LogP contribution in [0.15, 0.2) is 48.5 Å². The van der Waals surface area contributed by atoms with E-state index in [9.17, 15) is 18.8 Å². The highest BCUT2D eigenvalue weighted by molar-refractivity contribution is 6.30. The summed E-state index contributed by atoms with van der Waals surface area (Å²) >= 11 is 5.93. The number of amides is 1. The predicted molar refractivity (Wildman–Crippen MR) is 91.2 cm³/mol. The molecule has 0 bridgehead atoms. The molecule has 0 radical (unpaired) electrons. The number of carbonyl (C=O) groups is 1. The van der Waals surface area contributed by atoms with Crippen molar-refractivity contribution in [3.63, 3.8) is 0 Å². The minimum absolute atomic E-state index is 0.0859. The summed E-state index contributed by atoms with van der Waals surface area (Å²) < 4.78 is 26.8. The second-order valence-corrected chi connectivity index (χ2v) is 5.82. The lowest BCUT2D eigenvalue weighted by atomic mass is 10.1. The maximum atomic E-state index is 13.8. The van der Waals surface area contributed by atoms with Crippen LogP contribution in [-0.4, -0.2) is 16.1 Å². The number of nitrogens with one attached hydrogen (secondary N) is 2. The summed E-state index contributed by atoms with van der Waals surface area (Å²) in [5, 5.41) is 18.7. The molecule has 0 aliphatic rings. The van der Waals surface area contributed by atoms with E-state index < -0.39 is 23.6 Å². The van der Waals surface area contributed by atoms with Gasteiger partial charge >= 0.3 is 0 Å². The summed E-state index contributed by atoms with van der Waals surface area (Å²) in [4.78, 5) is 12.3. The first-order valence-corrected chi connectivity index (χ1v) is 7.82. The number of nitrogens with zero attached hydrogens (tertiary/aromatic N) is 2. The van der Waals surface area contributed by atoms with Gasteiger partial charge < -0.3 is 5.32 Å². The van der Waals surface area contributed by atoms with E-state index in [2.05, 4.69) is 15.5 Å². The predicted octanol–water partition coefficient (Wildman–Crippen LogP) is 4.00. The van der Waals surface area contributed by atoms with E-state index in [0.717, 1.165) is 12.1 Å². The van der Waals surface area contributed by atoms with E-state index >= 15 is 0 Å². The highest BCUT2D eigenvalue weighted by Crippen LogP contribution is 2.22. The molecule has 1 aromatic heterocycles. The van der Waals surface area contributed by atoms with Gasteiger partial charge in [-0.05, 0) is 24.3 Å². The van der Waals surface area contributed by atoms with Crippen molar-refractivity contribution >= 4 is 17.5 Å². The van der Waals surface area contributed by atoms with E-state index in [1.807, 2.05) is 0 Å². The molecule has 130 valence electrons. The van der Waals surface area contributed by atoms with Gasteiger partial charge in [0.1, 0.15) is 23.4 Å². The summed E-state index contributed by atoms with van der Waals surface area (Å²) in [5.41, 5.74) is 1.15. The molecule has 1 heterocycles. The second-order valence-electron chi connectivity index (χ2n) is 5.38. The number of nitriles is 1. The monoisotopic (exact) mass is 372 g/mol. The fraction of sp³-hybridized carbons (Fsp3) is 0.0556. The standard InChI is InChI=1S/C18H11ClF2N4O/c19-11-3-1-2-10(6-11)15-8-16(25-24-15)18(26)23-17(9-22)13-5-4-12(20)7-14(13)21/h1-8,17H,(H,23,26)(H,24,25). The smallest absolute Gasteiger partial charge is 0.270 e. The Morgan fingerprint density at radius 2 is 2.04 bits per heavy atom. The highest BCUT2D eigenvalue weighted by Gasteiger charge is 2.20. The largest absolute Gasteiger partial charge is 0.331 e. The molecule has 2 N–H and O–H groups in total. The maximum Gasteiger partial charge on any atom is 0.270 e. The van der Waals surface area contributed by atoms with Gasteiger partial charge in [0.15, 0.2) is 0 Å². The average Bonchev–Trinajstić information content (AvgIpc) is 3.10. The van der Waals surface area contributed by atoms with Crippen molar-refractivity contribution in [3.05, 3.63) is 76.4 Å². The molecule has 1 unspecified atom stereocenters. The lowest BCUT2D eigenvalue weighted by Gasteiger charge is -2.12. The number of hydrogen-bond acceptors (Lipinski definition) is 3. The lowest BCUT2D eigenvalue weighted by Crippen LogP contribution is -2.28. The Bertz CT molecular complexity index is 1010. The van der Waals surface area contributed by atoms with Crippen molar-refractivity contribution in [2.75, 3.05) is 0 Å². The van der Waals surface area contributed by atoms with E-state index in [1.54, 1.807) is 30.3 Å². The molecule has 3 rings (SSSR count). The summed E-state index contributed by atoms with van der Waals surface area (Å²) in [5.74, 6) is -2.34. The molecule has 0 spiro atoms. The molecule has 0 aliphatic carbocycles. The molecule has 1 amide bonds. The molecular formula is C18H11ClF2N4O. The molecule has 2 aromatic carbocycles. The normalized spacial score (nSPS) is 11.6. The molecule has 1 atom stereocenters. The summed E-state index contributed by atoms with van der Waals surface area (Å²) in [7, 11) is 0. The Labute approximate surface area is 152 Å². The average molecular weight is 373 g/mol. The van der Waals surface area contributed by atoms with Gasteiger partial charge in [0.25, 0.3) is 5.91 Å². The van der Waals surface area contributed by atoms with Crippen LogP contribution >= 0.6 is 11.6 Å². The van der Waals surface area contributed by atoms with Gasteiger partial charge in [-0.15, -0.1) is 0 Å². The van der Waals surface area contributed by atoms with Gasteiger partial charge in [-0.1, -0.05) is 29.8 Å². The van der Waals surface area contributed by atoms with Crippen molar-refractivity contribution < 1.29 is 13.6 Å². The number of aromatic nitrogens is 2. The zero-order chi connectivity index (χ0) is 18.7. The van der Waals surface area contributed by atoms with Gasteiger partial charge in [0.05, 0.1) is 11.8 Å². The molecule has 8 heteroatoms. The van der Waals surface area contributed by atoms with Crippen LogP contribution in [0.3, 0.4) is 0 Å². The van der Waals surface area contributed by atoms with E-state index in [0.29, 0.717) is 22.3 Å². The first-order valence-electron chi connectivity index (χ1n) is 7.44. The number of benzene rings is 2. The number of aromatic amines is 1. The molecular weight excluding hydrogens is 362 g/mol. The summed E-state index contributed by atoms with van der Waals surface area (Å²) in [6, 6.07) is 11.7. The summed E-state index contributed by atoms with van der Waals surface area (Å²) in [6.45, 7) is 0. The third-order valence-corrected chi connectivity index (χ3v) is 3.86. The Hall–Kier alpha value is -3.24. The van der Waals surface area contributed by atoms with Crippen LogP contribution in [0.5, 0.6) is 0 Å². The van der Waals surface area contributed by atoms with Crippen molar-refractivity contribution in [2.45, 2.75) is 6.04 Å². The van der Waals surface area contributed by atoms with Crippen LogP contribution in [0.2, 0.25) is 5.02 Å². The number of halogens is 3. The van der Waals surface area contributed by atoms with Crippen molar-refractivity contribution in [2.24, 2.45) is 0 Å². The van der Waals surface area contributed by atoms with Crippen LogP contribution in [0, 0.1) is 23.0 Å². The zero-order valence-electron chi connectivity index (χ0n) is 13.1. The van der Waals surface area contributed by atoms with Gasteiger partial charge in [0.2, 0.25) is 0 Å². The second kappa shape index (κ2) is 7.33. The maximum absolute atomic E-state index is 13.8. The van der Waals surface area contributed by atoms with E-state index in [-0.39, 0.29) is 11.3 Å². The fourth-order valence-electron chi connectivity index (χ4n) is 2.36. The topological polar surface area (TPSA) is 81.6 Å². The summed E-state index contributed by atoms with van der Waals surface area (Å²) in [6.07, 6.45) is 0.